The van der Waals surface area contributed by atoms with Crippen molar-refractivity contribution in [2.24, 2.45) is 5.10 Å². The lowest BCUT2D eigenvalue weighted by molar-refractivity contribution is -0.118. The molecule has 27 heavy (non-hydrogen) atoms. The number of carbonyl (C=O) groups excluding carboxylic acids is 1. The molecule has 0 bridgehead atoms. The van der Waals surface area contributed by atoms with Crippen LogP contribution < -0.4 is 5.43 Å². The summed E-state index contributed by atoms with van der Waals surface area (Å²) in [5.74, 6) is 0.746. The van der Waals surface area contributed by atoms with Crippen molar-refractivity contribution in [1.82, 2.24) is 20.2 Å². The average molecular weight is 400 g/mol. The Morgan fingerprint density at radius 2 is 1.93 bits per heavy atom. The highest BCUT2D eigenvalue weighted by Gasteiger charge is 2.14. The molecule has 8 heteroatoms. The maximum Gasteiger partial charge on any atom is 0.250 e. The summed E-state index contributed by atoms with van der Waals surface area (Å²) < 4.78 is 1.97. The van der Waals surface area contributed by atoms with Gasteiger partial charge in [-0.1, -0.05) is 53.7 Å². The molecule has 0 aliphatic heterocycles. The molecular formula is C19H18ClN5OS. The third-order valence-electron chi connectivity index (χ3n) is 3.67. The Morgan fingerprint density at radius 1 is 1.19 bits per heavy atom. The van der Waals surface area contributed by atoms with E-state index in [1.165, 1.54) is 11.8 Å². The number of hydrogen-bond acceptors (Lipinski definition) is 5. The maximum atomic E-state index is 12.0. The lowest BCUT2D eigenvalue weighted by Gasteiger charge is -2.07. The first-order valence-electron chi connectivity index (χ1n) is 8.36. The Kier molecular flexibility index (Phi) is 6.62. The van der Waals surface area contributed by atoms with Crippen LogP contribution in [0, 0.1) is 0 Å². The van der Waals surface area contributed by atoms with E-state index in [0.29, 0.717) is 16.7 Å². The first kappa shape index (κ1) is 19.1. The summed E-state index contributed by atoms with van der Waals surface area (Å²) in [4.78, 5) is 12.0. The summed E-state index contributed by atoms with van der Waals surface area (Å²) >= 11 is 7.26. The van der Waals surface area contributed by atoms with Gasteiger partial charge in [-0.15, -0.1) is 10.2 Å². The van der Waals surface area contributed by atoms with Crippen LogP contribution in [0.2, 0.25) is 5.02 Å². The molecule has 1 aromatic heterocycles. The monoisotopic (exact) mass is 399 g/mol. The second kappa shape index (κ2) is 9.34. The van der Waals surface area contributed by atoms with Crippen LogP contribution >= 0.6 is 23.4 Å². The number of nitrogens with one attached hydrogen (secondary N) is 1. The Bertz CT molecular complexity index is 925. The fourth-order valence-corrected chi connectivity index (χ4v) is 3.29. The number of carbonyl (C=O) groups is 1. The van der Waals surface area contributed by atoms with Gasteiger partial charge in [0.15, 0.2) is 11.0 Å². The zero-order valence-corrected chi connectivity index (χ0v) is 16.2. The van der Waals surface area contributed by atoms with Crippen LogP contribution in [0.4, 0.5) is 0 Å². The molecule has 0 saturated carbocycles. The summed E-state index contributed by atoms with van der Waals surface area (Å²) in [5, 5.41) is 13.8. The summed E-state index contributed by atoms with van der Waals surface area (Å²) in [6.07, 6.45) is 1.61. The number of nitrogens with zero attached hydrogens (tertiary/aromatic N) is 4. The minimum atomic E-state index is -0.203. The van der Waals surface area contributed by atoms with Gasteiger partial charge in [-0.3, -0.25) is 4.79 Å². The number of thioether (sulfide) groups is 1. The lowest BCUT2D eigenvalue weighted by atomic mass is 10.2. The molecule has 3 aromatic rings. The molecule has 0 aliphatic carbocycles. The molecule has 0 fully saturated rings. The summed E-state index contributed by atoms with van der Waals surface area (Å²) in [6.45, 7) is 2.71. The molecule has 6 nitrogen and oxygen atoms in total. The second-order valence-electron chi connectivity index (χ2n) is 5.55. The van der Waals surface area contributed by atoms with Crippen LogP contribution in [0.25, 0.3) is 11.4 Å². The van der Waals surface area contributed by atoms with E-state index in [1.807, 2.05) is 66.1 Å². The van der Waals surface area contributed by atoms with Crippen molar-refractivity contribution in [3.63, 3.8) is 0 Å². The number of amides is 1. The van der Waals surface area contributed by atoms with Crippen LogP contribution in [0.3, 0.4) is 0 Å². The van der Waals surface area contributed by atoms with Gasteiger partial charge in [0.05, 0.1) is 12.0 Å². The Balaban J connectivity index is 1.60. The van der Waals surface area contributed by atoms with E-state index in [9.17, 15) is 4.79 Å². The molecule has 3 rings (SSSR count). The van der Waals surface area contributed by atoms with Crippen molar-refractivity contribution < 1.29 is 4.79 Å². The number of halogens is 1. The predicted molar refractivity (Wildman–Crippen MR) is 109 cm³/mol. The molecule has 1 N–H and O–H groups in total. The van der Waals surface area contributed by atoms with Crippen molar-refractivity contribution in [3.05, 3.63) is 65.2 Å². The van der Waals surface area contributed by atoms with Crippen LogP contribution in [0.1, 0.15) is 12.5 Å². The van der Waals surface area contributed by atoms with Gasteiger partial charge in [-0.05, 0) is 36.8 Å². The van der Waals surface area contributed by atoms with Crippen molar-refractivity contribution in [2.75, 3.05) is 5.75 Å². The molecule has 2 aromatic carbocycles. The molecular weight excluding hydrogens is 382 g/mol. The van der Waals surface area contributed by atoms with E-state index in [0.717, 1.165) is 17.0 Å². The molecule has 0 spiro atoms. The highest BCUT2D eigenvalue weighted by atomic mass is 35.5. The zero-order valence-electron chi connectivity index (χ0n) is 14.7. The molecule has 0 atom stereocenters. The SMILES string of the molecule is CCn1c(SCC(=O)N/N=C\c2ccccc2)nnc1-c1ccc(Cl)cc1. The van der Waals surface area contributed by atoms with Crippen molar-refractivity contribution in [1.29, 1.82) is 0 Å². The van der Waals surface area contributed by atoms with Crippen molar-refractivity contribution in [3.8, 4) is 11.4 Å². The minimum absolute atomic E-state index is 0.199. The van der Waals surface area contributed by atoms with Gasteiger partial charge in [0, 0.05) is 17.1 Å². The van der Waals surface area contributed by atoms with Gasteiger partial charge < -0.3 is 4.57 Å². The number of aromatic nitrogens is 3. The van der Waals surface area contributed by atoms with Crippen LogP contribution in [0.5, 0.6) is 0 Å². The molecule has 1 amide bonds. The van der Waals surface area contributed by atoms with Gasteiger partial charge in [-0.25, -0.2) is 5.43 Å². The second-order valence-corrected chi connectivity index (χ2v) is 6.93. The van der Waals surface area contributed by atoms with Crippen LogP contribution in [-0.2, 0) is 11.3 Å². The predicted octanol–water partition coefficient (Wildman–Crippen LogP) is 3.86. The first-order chi connectivity index (χ1) is 13.2. The highest BCUT2D eigenvalue weighted by molar-refractivity contribution is 7.99. The standard InChI is InChI=1S/C19H18ClN5OS/c1-2-25-18(15-8-10-16(20)11-9-15)23-24-19(25)27-13-17(26)22-21-12-14-6-4-3-5-7-14/h3-12H,2,13H2,1H3,(H,22,26)/b21-12-. The summed E-state index contributed by atoms with van der Waals surface area (Å²) in [5.41, 5.74) is 4.37. The quantitative estimate of drug-likeness (QED) is 0.372. The van der Waals surface area contributed by atoms with Crippen molar-refractivity contribution >= 4 is 35.5 Å². The van der Waals surface area contributed by atoms with Crippen LogP contribution in [-0.4, -0.2) is 32.6 Å². The third kappa shape index (κ3) is 5.18. The number of rotatable bonds is 7. The van der Waals surface area contributed by atoms with Gasteiger partial charge in [-0.2, -0.15) is 5.10 Å². The van der Waals surface area contributed by atoms with E-state index in [-0.39, 0.29) is 11.7 Å². The number of hydrazone groups is 1. The average Bonchev–Trinajstić information content (AvgIpc) is 3.10. The molecule has 0 aliphatic rings. The van der Waals surface area contributed by atoms with E-state index in [2.05, 4.69) is 20.7 Å². The molecule has 0 unspecified atom stereocenters. The topological polar surface area (TPSA) is 72.2 Å². The molecule has 0 radical (unpaired) electrons. The molecule has 1 heterocycles. The largest absolute Gasteiger partial charge is 0.302 e. The maximum absolute atomic E-state index is 12.0. The van der Waals surface area contributed by atoms with E-state index in [4.69, 9.17) is 11.6 Å². The fourth-order valence-electron chi connectivity index (χ4n) is 2.37. The molecule has 0 saturated heterocycles. The Morgan fingerprint density at radius 3 is 2.63 bits per heavy atom. The zero-order chi connectivity index (χ0) is 19.1. The van der Waals surface area contributed by atoms with Gasteiger partial charge >= 0.3 is 0 Å². The number of hydrogen-bond donors (Lipinski definition) is 1. The van der Waals surface area contributed by atoms with Gasteiger partial charge in [0.25, 0.3) is 5.91 Å². The normalized spacial score (nSPS) is 11.0. The van der Waals surface area contributed by atoms with Gasteiger partial charge in [0.2, 0.25) is 0 Å². The summed E-state index contributed by atoms with van der Waals surface area (Å²) in [7, 11) is 0. The number of benzene rings is 2. The van der Waals surface area contributed by atoms with Crippen molar-refractivity contribution in [2.45, 2.75) is 18.6 Å². The molecule has 138 valence electrons. The van der Waals surface area contributed by atoms with Gasteiger partial charge in [0.1, 0.15) is 0 Å². The lowest BCUT2D eigenvalue weighted by Crippen LogP contribution is -2.20. The van der Waals surface area contributed by atoms with E-state index in [1.54, 1.807) is 6.21 Å². The minimum Gasteiger partial charge on any atom is -0.302 e. The highest BCUT2D eigenvalue weighted by Crippen LogP contribution is 2.24. The summed E-state index contributed by atoms with van der Waals surface area (Å²) in [6, 6.07) is 17.0. The van der Waals surface area contributed by atoms with E-state index < -0.39 is 0 Å². The Labute approximate surface area is 166 Å². The third-order valence-corrected chi connectivity index (χ3v) is 4.89. The Hall–Kier alpha value is -2.64. The smallest absolute Gasteiger partial charge is 0.250 e. The first-order valence-corrected chi connectivity index (χ1v) is 9.72. The van der Waals surface area contributed by atoms with Crippen LogP contribution in [0.15, 0.2) is 64.9 Å². The fraction of sp³-hybridized carbons (Fsp3) is 0.158. The van der Waals surface area contributed by atoms with E-state index >= 15 is 0 Å².